The van der Waals surface area contributed by atoms with Gasteiger partial charge in [-0.15, -0.1) is 0 Å². The van der Waals surface area contributed by atoms with Gasteiger partial charge in [0.25, 0.3) is 0 Å². The van der Waals surface area contributed by atoms with Gasteiger partial charge in [0.2, 0.25) is 10.0 Å². The predicted molar refractivity (Wildman–Crippen MR) is 81.6 cm³/mol. The molecule has 2 N–H and O–H groups in total. The highest BCUT2D eigenvalue weighted by atomic mass is 35.5. The standard InChI is InChI=1S/C13H18Cl2N2O2S/c1-13(2)4-3-5-17(13)20(18,19)11-7-10(14)6-9(8-16)12(11)15/h6-7H,3-5,8,16H2,1-2H3. The van der Waals surface area contributed by atoms with Gasteiger partial charge >= 0.3 is 0 Å². The predicted octanol–water partition coefficient (Wildman–Crippen LogP) is 3.02. The minimum Gasteiger partial charge on any atom is -0.326 e. The fraction of sp³-hybridized carbons (Fsp3) is 0.538. The number of benzene rings is 1. The molecule has 7 heteroatoms. The Labute approximate surface area is 129 Å². The minimum absolute atomic E-state index is 0.0436. The van der Waals surface area contributed by atoms with Crippen LogP contribution in [0.2, 0.25) is 10.0 Å². The van der Waals surface area contributed by atoms with Crippen molar-refractivity contribution in [3.8, 4) is 0 Å². The van der Waals surface area contributed by atoms with Gasteiger partial charge in [0, 0.05) is 23.7 Å². The van der Waals surface area contributed by atoms with Gasteiger partial charge in [-0.1, -0.05) is 23.2 Å². The number of nitrogens with two attached hydrogens (primary N) is 1. The van der Waals surface area contributed by atoms with Crippen molar-refractivity contribution in [2.24, 2.45) is 5.73 Å². The van der Waals surface area contributed by atoms with Gasteiger partial charge in [0.05, 0.1) is 5.02 Å². The molecule has 0 spiro atoms. The molecular weight excluding hydrogens is 319 g/mol. The Hall–Kier alpha value is -0.330. The highest BCUT2D eigenvalue weighted by Crippen LogP contribution is 2.38. The van der Waals surface area contributed by atoms with E-state index in [2.05, 4.69) is 0 Å². The summed E-state index contributed by atoms with van der Waals surface area (Å²) in [5.74, 6) is 0. The quantitative estimate of drug-likeness (QED) is 0.922. The van der Waals surface area contributed by atoms with Crippen LogP contribution in [-0.2, 0) is 16.6 Å². The smallest absolute Gasteiger partial charge is 0.245 e. The van der Waals surface area contributed by atoms with Crippen molar-refractivity contribution in [1.29, 1.82) is 0 Å². The van der Waals surface area contributed by atoms with Crippen LogP contribution >= 0.6 is 23.2 Å². The molecule has 1 saturated heterocycles. The molecule has 0 aromatic heterocycles. The Morgan fingerprint density at radius 2 is 2.00 bits per heavy atom. The molecule has 112 valence electrons. The van der Waals surface area contributed by atoms with Crippen LogP contribution in [-0.4, -0.2) is 24.8 Å². The molecule has 0 saturated carbocycles. The Bertz CT molecular complexity index is 630. The number of hydrogen-bond acceptors (Lipinski definition) is 3. The largest absolute Gasteiger partial charge is 0.326 e. The van der Waals surface area contributed by atoms with Gasteiger partial charge in [-0.25, -0.2) is 8.42 Å². The van der Waals surface area contributed by atoms with Crippen molar-refractivity contribution in [2.75, 3.05) is 6.54 Å². The third-order valence-corrected chi connectivity index (χ3v) is 6.60. The number of rotatable bonds is 3. The maximum atomic E-state index is 12.8. The fourth-order valence-corrected chi connectivity index (χ4v) is 5.37. The van der Waals surface area contributed by atoms with Crippen molar-refractivity contribution in [1.82, 2.24) is 4.31 Å². The second-order valence-electron chi connectivity index (χ2n) is 5.57. The lowest BCUT2D eigenvalue weighted by Crippen LogP contribution is -2.42. The van der Waals surface area contributed by atoms with Crippen LogP contribution in [0.4, 0.5) is 0 Å². The van der Waals surface area contributed by atoms with E-state index in [4.69, 9.17) is 28.9 Å². The summed E-state index contributed by atoms with van der Waals surface area (Å²) in [6.45, 7) is 4.47. The van der Waals surface area contributed by atoms with Crippen LogP contribution < -0.4 is 5.73 Å². The second kappa shape index (κ2) is 5.46. The third-order valence-electron chi connectivity index (χ3n) is 3.69. The van der Waals surface area contributed by atoms with Gasteiger partial charge in [-0.2, -0.15) is 4.31 Å². The molecule has 0 amide bonds. The van der Waals surface area contributed by atoms with Crippen LogP contribution in [0, 0.1) is 0 Å². The van der Waals surface area contributed by atoms with Crippen LogP contribution in [0.15, 0.2) is 17.0 Å². The normalized spacial score (nSPS) is 19.4. The van der Waals surface area contributed by atoms with Crippen molar-refractivity contribution in [3.05, 3.63) is 27.7 Å². The minimum atomic E-state index is -3.67. The second-order valence-corrected chi connectivity index (χ2v) is 8.22. The first-order valence-corrected chi connectivity index (χ1v) is 8.60. The molecule has 20 heavy (non-hydrogen) atoms. The summed E-state index contributed by atoms with van der Waals surface area (Å²) in [5, 5.41) is 0.491. The van der Waals surface area contributed by atoms with E-state index in [1.165, 1.54) is 10.4 Å². The highest BCUT2D eigenvalue weighted by Gasteiger charge is 2.41. The molecule has 0 bridgehead atoms. The number of hydrogen-bond donors (Lipinski definition) is 1. The number of sulfonamides is 1. The molecule has 1 fully saturated rings. The lowest BCUT2D eigenvalue weighted by Gasteiger charge is -2.31. The van der Waals surface area contributed by atoms with E-state index < -0.39 is 15.6 Å². The maximum absolute atomic E-state index is 12.8. The summed E-state index contributed by atoms with van der Waals surface area (Å²) < 4.78 is 27.2. The summed E-state index contributed by atoms with van der Waals surface area (Å²) in [4.78, 5) is 0.0436. The summed E-state index contributed by atoms with van der Waals surface area (Å²) in [5.41, 5.74) is 5.71. The third kappa shape index (κ3) is 2.70. The molecule has 0 atom stereocenters. The summed E-state index contributed by atoms with van der Waals surface area (Å²) in [6.07, 6.45) is 1.67. The Kier molecular flexibility index (Phi) is 4.38. The van der Waals surface area contributed by atoms with Crippen LogP contribution in [0.25, 0.3) is 0 Å². The molecule has 1 heterocycles. The summed E-state index contributed by atoms with van der Waals surface area (Å²) in [6, 6.07) is 2.99. The van der Waals surface area contributed by atoms with E-state index >= 15 is 0 Å². The van der Waals surface area contributed by atoms with E-state index in [-0.39, 0.29) is 16.5 Å². The van der Waals surface area contributed by atoms with Crippen molar-refractivity contribution >= 4 is 33.2 Å². The van der Waals surface area contributed by atoms with Crippen molar-refractivity contribution < 1.29 is 8.42 Å². The molecule has 1 aromatic carbocycles. The average molecular weight is 337 g/mol. The summed E-state index contributed by atoms with van der Waals surface area (Å²) >= 11 is 12.2. The van der Waals surface area contributed by atoms with E-state index in [0.717, 1.165) is 12.8 Å². The van der Waals surface area contributed by atoms with Gasteiger partial charge in [0.1, 0.15) is 4.90 Å². The van der Waals surface area contributed by atoms with Crippen molar-refractivity contribution in [2.45, 2.75) is 43.7 Å². The molecule has 4 nitrogen and oxygen atoms in total. The first-order chi connectivity index (χ1) is 9.20. The Morgan fingerprint density at radius 1 is 1.35 bits per heavy atom. The number of halogens is 2. The van der Waals surface area contributed by atoms with Gasteiger partial charge in [-0.3, -0.25) is 0 Å². The molecule has 0 radical (unpaired) electrons. The topological polar surface area (TPSA) is 63.4 Å². The molecule has 1 aliphatic heterocycles. The lowest BCUT2D eigenvalue weighted by molar-refractivity contribution is 0.291. The molecule has 2 rings (SSSR count). The maximum Gasteiger partial charge on any atom is 0.245 e. The zero-order valence-corrected chi connectivity index (χ0v) is 13.8. The molecule has 0 unspecified atom stereocenters. The first kappa shape index (κ1) is 16.0. The Morgan fingerprint density at radius 3 is 2.50 bits per heavy atom. The van der Waals surface area contributed by atoms with Gasteiger partial charge < -0.3 is 5.73 Å². The molecule has 1 aromatic rings. The zero-order valence-electron chi connectivity index (χ0n) is 11.5. The molecule has 1 aliphatic rings. The average Bonchev–Trinajstić information content (AvgIpc) is 2.71. The summed E-state index contributed by atoms with van der Waals surface area (Å²) in [7, 11) is -3.67. The lowest BCUT2D eigenvalue weighted by atomic mass is 10.0. The van der Waals surface area contributed by atoms with E-state index in [1.807, 2.05) is 13.8 Å². The van der Waals surface area contributed by atoms with Crippen LogP contribution in [0.1, 0.15) is 32.3 Å². The van der Waals surface area contributed by atoms with E-state index in [0.29, 0.717) is 17.1 Å². The fourth-order valence-electron chi connectivity index (χ4n) is 2.60. The van der Waals surface area contributed by atoms with Crippen LogP contribution in [0.3, 0.4) is 0 Å². The monoisotopic (exact) mass is 336 g/mol. The first-order valence-electron chi connectivity index (χ1n) is 6.41. The van der Waals surface area contributed by atoms with E-state index in [1.54, 1.807) is 6.07 Å². The molecular formula is C13H18Cl2N2O2S. The SMILES string of the molecule is CC1(C)CCCN1S(=O)(=O)c1cc(Cl)cc(CN)c1Cl. The van der Waals surface area contributed by atoms with Crippen molar-refractivity contribution in [3.63, 3.8) is 0 Å². The Balaban J connectivity index is 2.58. The van der Waals surface area contributed by atoms with E-state index in [9.17, 15) is 8.42 Å². The van der Waals surface area contributed by atoms with Gasteiger partial charge in [-0.05, 0) is 44.4 Å². The van der Waals surface area contributed by atoms with Crippen LogP contribution in [0.5, 0.6) is 0 Å². The molecule has 0 aliphatic carbocycles. The zero-order chi connectivity index (χ0) is 15.1. The van der Waals surface area contributed by atoms with Gasteiger partial charge in [0.15, 0.2) is 0 Å². The highest BCUT2D eigenvalue weighted by molar-refractivity contribution is 7.89. The number of nitrogens with zero attached hydrogens (tertiary/aromatic N) is 1.